The zero-order valence-electron chi connectivity index (χ0n) is 14.7. The molecule has 0 spiro atoms. The molecular formula is C18H24N4OS. The molecule has 1 unspecified atom stereocenters. The van der Waals surface area contributed by atoms with Crippen molar-refractivity contribution in [2.24, 2.45) is 5.41 Å². The van der Waals surface area contributed by atoms with Crippen LogP contribution in [0.5, 0.6) is 0 Å². The van der Waals surface area contributed by atoms with Crippen LogP contribution in [0.4, 0.5) is 10.8 Å². The van der Waals surface area contributed by atoms with Crippen molar-refractivity contribution >= 4 is 28.1 Å². The fraction of sp³-hybridized carbons (Fsp3) is 0.500. The van der Waals surface area contributed by atoms with Crippen LogP contribution in [0.1, 0.15) is 48.3 Å². The summed E-state index contributed by atoms with van der Waals surface area (Å²) < 4.78 is 0. The second-order valence-electron chi connectivity index (χ2n) is 7.29. The second-order valence-corrected chi connectivity index (χ2v) is 8.50. The van der Waals surface area contributed by atoms with E-state index in [0.29, 0.717) is 22.2 Å². The average Bonchev–Trinajstić information content (AvgIpc) is 3.12. The number of hydrogen-bond acceptors (Lipinski definition) is 5. The van der Waals surface area contributed by atoms with Crippen LogP contribution in [-0.4, -0.2) is 29.0 Å². The van der Waals surface area contributed by atoms with E-state index in [0.717, 1.165) is 23.4 Å². The van der Waals surface area contributed by atoms with Gasteiger partial charge in [-0.05, 0) is 37.7 Å². The first kappa shape index (κ1) is 16.9. The van der Waals surface area contributed by atoms with Gasteiger partial charge in [0.05, 0.1) is 17.4 Å². The number of hydrogen-bond donors (Lipinski definition) is 1. The van der Waals surface area contributed by atoms with Crippen LogP contribution in [0, 0.1) is 12.3 Å². The molecule has 5 nitrogen and oxygen atoms in total. The van der Waals surface area contributed by atoms with Gasteiger partial charge >= 0.3 is 0 Å². The van der Waals surface area contributed by atoms with Crippen molar-refractivity contribution in [2.45, 2.75) is 46.1 Å². The minimum Gasteiger partial charge on any atom is -0.380 e. The summed E-state index contributed by atoms with van der Waals surface area (Å²) in [5.41, 5.74) is 1.81. The van der Waals surface area contributed by atoms with Gasteiger partial charge in [0, 0.05) is 30.4 Å². The SMILES string of the molecule is Cc1cnc(N(C)C(=O)c2ccncc2NC2CCC(C)(C)C2)s1. The Hall–Kier alpha value is -1.95. The van der Waals surface area contributed by atoms with E-state index in [-0.39, 0.29) is 5.91 Å². The van der Waals surface area contributed by atoms with Crippen LogP contribution in [0.3, 0.4) is 0 Å². The number of nitrogens with zero attached hydrogens (tertiary/aromatic N) is 3. The number of aromatic nitrogens is 2. The Balaban J connectivity index is 1.80. The van der Waals surface area contributed by atoms with Crippen LogP contribution in [0.15, 0.2) is 24.7 Å². The first-order chi connectivity index (χ1) is 11.4. The Kier molecular flexibility index (Phi) is 4.58. The fourth-order valence-corrected chi connectivity index (χ4v) is 3.96. The summed E-state index contributed by atoms with van der Waals surface area (Å²) in [6.07, 6.45) is 8.63. The normalized spacial score (nSPS) is 19.2. The van der Waals surface area contributed by atoms with Gasteiger partial charge in [0.25, 0.3) is 5.91 Å². The van der Waals surface area contributed by atoms with Crippen LogP contribution in [0.2, 0.25) is 0 Å². The van der Waals surface area contributed by atoms with Crippen molar-refractivity contribution < 1.29 is 4.79 Å². The lowest BCUT2D eigenvalue weighted by Crippen LogP contribution is -2.28. The molecule has 0 radical (unpaired) electrons. The predicted molar refractivity (Wildman–Crippen MR) is 98.9 cm³/mol. The van der Waals surface area contributed by atoms with Gasteiger partial charge in [-0.15, -0.1) is 11.3 Å². The molecule has 0 bridgehead atoms. The molecule has 1 amide bonds. The molecule has 1 saturated carbocycles. The molecular weight excluding hydrogens is 320 g/mol. The lowest BCUT2D eigenvalue weighted by Gasteiger charge is -2.21. The standard InChI is InChI=1S/C18H24N4OS/c1-12-10-20-17(24-12)22(4)16(23)14-6-8-19-11-15(14)21-13-5-7-18(2,3)9-13/h6,8,10-11,13,21H,5,7,9H2,1-4H3. The lowest BCUT2D eigenvalue weighted by atomic mass is 9.92. The van der Waals surface area contributed by atoms with Crippen molar-refractivity contribution in [1.82, 2.24) is 9.97 Å². The molecule has 0 aliphatic heterocycles. The molecule has 1 fully saturated rings. The van der Waals surface area contributed by atoms with Gasteiger partial charge in [0.15, 0.2) is 5.13 Å². The number of rotatable bonds is 4. The first-order valence-corrected chi connectivity index (χ1v) is 9.08. The molecule has 2 heterocycles. The van der Waals surface area contributed by atoms with E-state index in [1.807, 2.05) is 6.92 Å². The molecule has 0 saturated heterocycles. The highest BCUT2D eigenvalue weighted by atomic mass is 32.1. The molecule has 24 heavy (non-hydrogen) atoms. The molecule has 1 aliphatic rings. The number of nitrogens with one attached hydrogen (secondary N) is 1. The monoisotopic (exact) mass is 344 g/mol. The largest absolute Gasteiger partial charge is 0.380 e. The van der Waals surface area contributed by atoms with Gasteiger partial charge < -0.3 is 5.32 Å². The van der Waals surface area contributed by atoms with E-state index in [4.69, 9.17) is 0 Å². The smallest absolute Gasteiger partial charge is 0.262 e. The van der Waals surface area contributed by atoms with Crippen LogP contribution in [0.25, 0.3) is 0 Å². The number of anilines is 2. The van der Waals surface area contributed by atoms with Crippen molar-refractivity contribution in [3.8, 4) is 0 Å². The zero-order chi connectivity index (χ0) is 17.3. The van der Waals surface area contributed by atoms with E-state index >= 15 is 0 Å². The molecule has 0 aromatic carbocycles. The summed E-state index contributed by atoms with van der Waals surface area (Å²) in [7, 11) is 1.77. The van der Waals surface area contributed by atoms with Crippen LogP contribution >= 0.6 is 11.3 Å². The molecule has 128 valence electrons. The Morgan fingerprint density at radius 3 is 2.83 bits per heavy atom. The molecule has 1 atom stereocenters. The minimum atomic E-state index is -0.0634. The van der Waals surface area contributed by atoms with E-state index in [1.165, 1.54) is 17.8 Å². The molecule has 6 heteroatoms. The second kappa shape index (κ2) is 6.51. The Bertz CT molecular complexity index is 740. The summed E-state index contributed by atoms with van der Waals surface area (Å²) in [5, 5.41) is 4.24. The Labute approximate surface area is 147 Å². The van der Waals surface area contributed by atoms with Crippen LogP contribution < -0.4 is 10.2 Å². The summed E-state index contributed by atoms with van der Waals surface area (Å²) in [6, 6.07) is 2.17. The highest BCUT2D eigenvalue weighted by Gasteiger charge is 2.31. The number of pyridine rings is 1. The fourth-order valence-electron chi connectivity index (χ4n) is 3.24. The third kappa shape index (κ3) is 3.59. The maximum atomic E-state index is 12.9. The molecule has 1 N–H and O–H groups in total. The van der Waals surface area contributed by atoms with Gasteiger partial charge in [-0.1, -0.05) is 13.8 Å². The quantitative estimate of drug-likeness (QED) is 0.906. The van der Waals surface area contributed by atoms with Gasteiger partial charge in [-0.3, -0.25) is 14.7 Å². The number of amides is 1. The molecule has 1 aliphatic carbocycles. The Morgan fingerprint density at radius 2 is 2.21 bits per heavy atom. The van der Waals surface area contributed by atoms with Crippen molar-refractivity contribution in [3.63, 3.8) is 0 Å². The highest BCUT2D eigenvalue weighted by molar-refractivity contribution is 7.15. The number of carbonyl (C=O) groups is 1. The number of thiazole rings is 1. The first-order valence-electron chi connectivity index (χ1n) is 8.27. The minimum absolute atomic E-state index is 0.0634. The van der Waals surface area contributed by atoms with Crippen LogP contribution in [-0.2, 0) is 0 Å². The van der Waals surface area contributed by atoms with E-state index in [1.54, 1.807) is 36.6 Å². The lowest BCUT2D eigenvalue weighted by molar-refractivity contribution is 0.0993. The summed E-state index contributed by atoms with van der Waals surface area (Å²) >= 11 is 1.52. The average molecular weight is 344 g/mol. The highest BCUT2D eigenvalue weighted by Crippen LogP contribution is 2.38. The van der Waals surface area contributed by atoms with E-state index in [2.05, 4.69) is 29.1 Å². The van der Waals surface area contributed by atoms with Gasteiger partial charge in [-0.25, -0.2) is 4.98 Å². The molecule has 2 aromatic rings. The zero-order valence-corrected chi connectivity index (χ0v) is 15.5. The van der Waals surface area contributed by atoms with Gasteiger partial charge in [0.2, 0.25) is 0 Å². The van der Waals surface area contributed by atoms with Crippen molar-refractivity contribution in [1.29, 1.82) is 0 Å². The maximum absolute atomic E-state index is 12.9. The van der Waals surface area contributed by atoms with Gasteiger partial charge in [0.1, 0.15) is 0 Å². The number of carbonyl (C=O) groups excluding carboxylic acids is 1. The Morgan fingerprint density at radius 1 is 1.42 bits per heavy atom. The van der Waals surface area contributed by atoms with E-state index < -0.39 is 0 Å². The molecule has 2 aromatic heterocycles. The van der Waals surface area contributed by atoms with Crippen molar-refractivity contribution in [3.05, 3.63) is 35.1 Å². The summed E-state index contributed by atoms with van der Waals surface area (Å²) in [4.78, 5) is 24.1. The number of aryl methyl sites for hydroxylation is 1. The third-order valence-electron chi connectivity index (χ3n) is 4.58. The predicted octanol–water partition coefficient (Wildman–Crippen LogP) is 4.11. The molecule has 3 rings (SSSR count). The van der Waals surface area contributed by atoms with Crippen molar-refractivity contribution in [2.75, 3.05) is 17.3 Å². The summed E-state index contributed by atoms with van der Waals surface area (Å²) in [6.45, 7) is 6.58. The third-order valence-corrected chi connectivity index (χ3v) is 5.57. The topological polar surface area (TPSA) is 58.1 Å². The van der Waals surface area contributed by atoms with Gasteiger partial charge in [-0.2, -0.15) is 0 Å². The maximum Gasteiger partial charge on any atom is 0.262 e. The van der Waals surface area contributed by atoms with E-state index in [9.17, 15) is 4.79 Å². The summed E-state index contributed by atoms with van der Waals surface area (Å²) in [5.74, 6) is -0.0634.